The molecular weight excluding hydrogens is 238 g/mol. The number of aliphatic carboxylic acids is 1. The number of carbonyl (C=O) groups excluding carboxylic acids is 1. The van der Waals surface area contributed by atoms with Gasteiger partial charge in [0.15, 0.2) is 0 Å². The summed E-state index contributed by atoms with van der Waals surface area (Å²) in [5.74, 6) is -0.535. The minimum Gasteiger partial charge on any atom is -0.480 e. The number of carboxylic acid groups (broad SMARTS) is 1. The van der Waals surface area contributed by atoms with Crippen LogP contribution in [0.15, 0.2) is 6.33 Å². The number of hydrogen-bond acceptors (Lipinski definition) is 4. The van der Waals surface area contributed by atoms with Crippen molar-refractivity contribution in [3.8, 4) is 0 Å². The van der Waals surface area contributed by atoms with Crippen LogP contribution in [0.2, 0.25) is 0 Å². The van der Waals surface area contributed by atoms with Gasteiger partial charge < -0.3 is 15.7 Å². The van der Waals surface area contributed by atoms with Gasteiger partial charge in [0.05, 0.1) is 6.04 Å². The average Bonchev–Trinajstić information content (AvgIpc) is 2.81. The van der Waals surface area contributed by atoms with Gasteiger partial charge in [-0.1, -0.05) is 13.3 Å². The lowest BCUT2D eigenvalue weighted by Gasteiger charge is -2.16. The maximum absolute atomic E-state index is 11.6. The number of carboxylic acids is 1. The second-order valence-electron chi connectivity index (χ2n) is 3.89. The Balaban J connectivity index is 2.47. The quantitative estimate of drug-likeness (QED) is 0.587. The van der Waals surface area contributed by atoms with Crippen molar-refractivity contribution in [2.45, 2.75) is 38.8 Å². The lowest BCUT2D eigenvalue weighted by Crippen LogP contribution is -2.46. The van der Waals surface area contributed by atoms with Crippen LogP contribution in [0.1, 0.15) is 38.6 Å². The van der Waals surface area contributed by atoms with Gasteiger partial charge in [-0.15, -0.1) is 0 Å². The summed E-state index contributed by atoms with van der Waals surface area (Å²) >= 11 is 0. The van der Waals surface area contributed by atoms with E-state index in [1.807, 2.05) is 6.92 Å². The van der Waals surface area contributed by atoms with Crippen LogP contribution in [0.4, 0.5) is 4.79 Å². The molecule has 1 rings (SSSR count). The van der Waals surface area contributed by atoms with Crippen LogP contribution in [0.5, 0.6) is 0 Å². The van der Waals surface area contributed by atoms with Crippen molar-refractivity contribution in [3.05, 3.63) is 12.2 Å². The van der Waals surface area contributed by atoms with E-state index in [0.29, 0.717) is 18.7 Å². The predicted octanol–water partition coefficient (Wildman–Crippen LogP) is 0.418. The van der Waals surface area contributed by atoms with Crippen molar-refractivity contribution in [2.24, 2.45) is 0 Å². The molecule has 0 aliphatic rings. The molecule has 0 saturated carbocycles. The average molecular weight is 255 g/mol. The molecule has 18 heavy (non-hydrogen) atoms. The van der Waals surface area contributed by atoms with E-state index in [9.17, 15) is 9.59 Å². The molecule has 100 valence electrons. The van der Waals surface area contributed by atoms with E-state index in [4.69, 9.17) is 5.11 Å². The summed E-state index contributed by atoms with van der Waals surface area (Å²) < 4.78 is 0. The normalized spacial score (nSPS) is 13.7. The first kappa shape index (κ1) is 13.9. The molecule has 1 aromatic rings. The number of amides is 2. The molecule has 2 amide bonds. The number of nitrogens with zero attached hydrogens (tertiary/aromatic N) is 2. The monoisotopic (exact) mass is 255 g/mol. The zero-order chi connectivity index (χ0) is 13.5. The predicted molar refractivity (Wildman–Crippen MR) is 62.8 cm³/mol. The number of nitrogens with one attached hydrogen (secondary N) is 3. The van der Waals surface area contributed by atoms with Gasteiger partial charge in [0.25, 0.3) is 0 Å². The van der Waals surface area contributed by atoms with Crippen LogP contribution in [0.25, 0.3) is 0 Å². The van der Waals surface area contributed by atoms with Gasteiger partial charge in [-0.3, -0.25) is 5.10 Å². The molecule has 1 aromatic heterocycles. The highest BCUT2D eigenvalue weighted by Gasteiger charge is 2.20. The van der Waals surface area contributed by atoms with Crippen molar-refractivity contribution >= 4 is 12.0 Å². The number of aromatic nitrogens is 3. The molecule has 0 spiro atoms. The fourth-order valence-corrected chi connectivity index (χ4v) is 1.43. The Bertz CT molecular complexity index is 392. The van der Waals surface area contributed by atoms with Crippen LogP contribution in [-0.4, -0.2) is 38.3 Å². The smallest absolute Gasteiger partial charge is 0.326 e. The van der Waals surface area contributed by atoms with E-state index in [2.05, 4.69) is 25.8 Å². The molecule has 0 fully saturated rings. The Morgan fingerprint density at radius 3 is 2.72 bits per heavy atom. The molecule has 0 saturated heterocycles. The molecule has 0 aliphatic carbocycles. The number of urea groups is 1. The fraction of sp³-hybridized carbons (Fsp3) is 0.600. The highest BCUT2D eigenvalue weighted by atomic mass is 16.4. The van der Waals surface area contributed by atoms with Crippen LogP contribution < -0.4 is 10.6 Å². The zero-order valence-corrected chi connectivity index (χ0v) is 10.3. The Kier molecular flexibility index (Phi) is 5.09. The third kappa shape index (κ3) is 4.04. The summed E-state index contributed by atoms with van der Waals surface area (Å²) in [4.78, 5) is 26.4. The van der Waals surface area contributed by atoms with Gasteiger partial charge in [-0.2, -0.15) is 5.10 Å². The molecule has 0 radical (unpaired) electrons. The molecule has 0 bridgehead atoms. The summed E-state index contributed by atoms with van der Waals surface area (Å²) in [6.45, 7) is 3.57. The third-order valence-electron chi connectivity index (χ3n) is 2.37. The molecule has 2 atom stereocenters. The summed E-state index contributed by atoms with van der Waals surface area (Å²) in [6.07, 6.45) is 2.40. The van der Waals surface area contributed by atoms with Crippen molar-refractivity contribution < 1.29 is 14.7 Å². The van der Waals surface area contributed by atoms with Gasteiger partial charge in [0, 0.05) is 0 Å². The van der Waals surface area contributed by atoms with Crippen LogP contribution in [0.3, 0.4) is 0 Å². The number of carbonyl (C=O) groups is 2. The summed E-state index contributed by atoms with van der Waals surface area (Å²) in [5.41, 5.74) is 0. The van der Waals surface area contributed by atoms with Crippen LogP contribution in [0, 0.1) is 0 Å². The Morgan fingerprint density at radius 1 is 1.50 bits per heavy atom. The van der Waals surface area contributed by atoms with E-state index in [0.717, 1.165) is 0 Å². The van der Waals surface area contributed by atoms with Crippen molar-refractivity contribution in [1.82, 2.24) is 25.8 Å². The van der Waals surface area contributed by atoms with Gasteiger partial charge >= 0.3 is 12.0 Å². The van der Waals surface area contributed by atoms with E-state index < -0.39 is 18.0 Å². The van der Waals surface area contributed by atoms with E-state index in [-0.39, 0.29) is 6.04 Å². The molecule has 0 aromatic carbocycles. The van der Waals surface area contributed by atoms with Crippen molar-refractivity contribution in [1.29, 1.82) is 0 Å². The summed E-state index contributed by atoms with van der Waals surface area (Å²) in [7, 11) is 0. The second-order valence-corrected chi connectivity index (χ2v) is 3.89. The standard InChI is InChI=1S/C10H17N5O3/c1-3-4-7(9(16)17)14-10(18)13-6(2)8-11-5-12-15-8/h5-7H,3-4H2,1-2H3,(H,16,17)(H,11,12,15)(H2,13,14,18). The van der Waals surface area contributed by atoms with E-state index in [1.54, 1.807) is 6.92 Å². The topological polar surface area (TPSA) is 120 Å². The molecule has 4 N–H and O–H groups in total. The van der Waals surface area contributed by atoms with Gasteiger partial charge in [0.1, 0.15) is 18.2 Å². The van der Waals surface area contributed by atoms with E-state index in [1.165, 1.54) is 6.33 Å². The number of hydrogen-bond donors (Lipinski definition) is 4. The Labute approximate surface area is 104 Å². The molecular formula is C10H17N5O3. The van der Waals surface area contributed by atoms with Crippen molar-refractivity contribution in [2.75, 3.05) is 0 Å². The number of rotatable bonds is 6. The third-order valence-corrected chi connectivity index (χ3v) is 2.37. The molecule has 2 unspecified atom stereocenters. The van der Waals surface area contributed by atoms with E-state index >= 15 is 0 Å². The van der Waals surface area contributed by atoms with Crippen molar-refractivity contribution in [3.63, 3.8) is 0 Å². The highest BCUT2D eigenvalue weighted by molar-refractivity contribution is 5.82. The number of aromatic amines is 1. The van der Waals surface area contributed by atoms with Gasteiger partial charge in [0.2, 0.25) is 0 Å². The minimum absolute atomic E-state index is 0.372. The first-order valence-corrected chi connectivity index (χ1v) is 5.69. The summed E-state index contributed by atoms with van der Waals surface area (Å²) in [6, 6.07) is -1.79. The molecule has 8 nitrogen and oxygen atoms in total. The van der Waals surface area contributed by atoms with Gasteiger partial charge in [-0.05, 0) is 13.3 Å². The first-order chi connectivity index (χ1) is 8.54. The number of H-pyrrole nitrogens is 1. The highest BCUT2D eigenvalue weighted by Crippen LogP contribution is 2.04. The lowest BCUT2D eigenvalue weighted by molar-refractivity contribution is -0.139. The molecule has 8 heteroatoms. The lowest BCUT2D eigenvalue weighted by atomic mass is 10.2. The second kappa shape index (κ2) is 6.58. The minimum atomic E-state index is -1.04. The maximum atomic E-state index is 11.6. The SMILES string of the molecule is CCCC(NC(=O)NC(C)c1ncn[nH]1)C(=O)O. The molecule has 0 aliphatic heterocycles. The Hall–Kier alpha value is -2.12. The largest absolute Gasteiger partial charge is 0.480 e. The Morgan fingerprint density at radius 2 is 2.22 bits per heavy atom. The summed E-state index contributed by atoms with van der Waals surface area (Å²) in [5, 5.41) is 20.2. The first-order valence-electron chi connectivity index (χ1n) is 5.69. The fourth-order valence-electron chi connectivity index (χ4n) is 1.43. The maximum Gasteiger partial charge on any atom is 0.326 e. The zero-order valence-electron chi connectivity index (χ0n) is 10.3. The molecule has 1 heterocycles. The van der Waals surface area contributed by atoms with Crippen LogP contribution in [-0.2, 0) is 4.79 Å². The van der Waals surface area contributed by atoms with Crippen LogP contribution >= 0.6 is 0 Å². The van der Waals surface area contributed by atoms with Gasteiger partial charge in [-0.25, -0.2) is 14.6 Å².